The summed E-state index contributed by atoms with van der Waals surface area (Å²) in [4.78, 5) is 20.5. The minimum absolute atomic E-state index is 0. The second-order valence-corrected chi connectivity index (χ2v) is 4.09. The zero-order valence-corrected chi connectivity index (χ0v) is 13.3. The molecule has 0 bridgehead atoms. The molecule has 0 saturated carbocycles. The van der Waals surface area contributed by atoms with Gasteiger partial charge in [-0.1, -0.05) is 61.7 Å². The molecule has 112 valence electrons. The molecule has 0 N–H and O–H groups in total. The number of halogens is 1. The van der Waals surface area contributed by atoms with Gasteiger partial charge in [0.25, 0.3) is 0 Å². The van der Waals surface area contributed by atoms with Gasteiger partial charge in [0.15, 0.2) is 0 Å². The fraction of sp³-hybridized carbons (Fsp3) is 0. The summed E-state index contributed by atoms with van der Waals surface area (Å²) in [5, 5.41) is -1.18. The molecular weight excluding hydrogens is 332 g/mol. The number of rotatable bonds is 2. The lowest BCUT2D eigenvalue weighted by molar-refractivity contribution is 0.226. The van der Waals surface area contributed by atoms with Crippen LogP contribution < -0.4 is 9.47 Å². The van der Waals surface area contributed by atoms with Crippen molar-refractivity contribution in [2.24, 2.45) is 0 Å². The Bertz CT molecular complexity index is 498. The van der Waals surface area contributed by atoms with E-state index in [1.165, 1.54) is 0 Å². The van der Waals surface area contributed by atoms with Crippen molar-refractivity contribution < 1.29 is 19.1 Å². The fourth-order valence-electron chi connectivity index (χ4n) is 1.18. The van der Waals surface area contributed by atoms with E-state index >= 15 is 0 Å². The molecule has 2 aromatic rings. The second kappa shape index (κ2) is 11.1. The summed E-state index contributed by atoms with van der Waals surface area (Å²) < 4.78 is 9.28. The molecule has 0 aliphatic heterocycles. The molecule has 2 aromatic carbocycles. The lowest BCUT2D eigenvalue weighted by Gasteiger charge is -1.96. The van der Waals surface area contributed by atoms with Crippen LogP contribution in [0.25, 0.3) is 0 Å². The van der Waals surface area contributed by atoms with Gasteiger partial charge < -0.3 is 9.47 Å². The van der Waals surface area contributed by atoms with Gasteiger partial charge in [0.2, 0.25) is 0 Å². The zero-order chi connectivity index (χ0) is 14.8. The van der Waals surface area contributed by atoms with Crippen LogP contribution in [-0.2, 0) is 0 Å². The topological polar surface area (TPSA) is 52.6 Å². The molecule has 4 nitrogen and oxygen atoms in total. The molecule has 0 unspecified atom stereocenters. The molecule has 0 spiro atoms. The molecule has 0 aliphatic rings. The van der Waals surface area contributed by atoms with Gasteiger partial charge in [-0.2, -0.15) is 0 Å². The van der Waals surface area contributed by atoms with Crippen LogP contribution in [0.3, 0.4) is 0 Å². The summed E-state index contributed by atoms with van der Waals surface area (Å²) in [6.07, 6.45) is 0. The normalized spacial score (nSPS) is 8.48. The van der Waals surface area contributed by atoms with E-state index in [2.05, 4.69) is 34.7 Å². The molecule has 2 rings (SSSR count). The van der Waals surface area contributed by atoms with E-state index < -0.39 is 10.6 Å². The number of para-hydroxylation sites is 2. The first-order chi connectivity index (χ1) is 9.58. The van der Waals surface area contributed by atoms with Crippen LogP contribution in [0.2, 0.25) is 0 Å². The van der Waals surface area contributed by atoms with Crippen molar-refractivity contribution in [2.45, 2.75) is 0 Å². The molecule has 21 heavy (non-hydrogen) atoms. The molecule has 0 saturated heterocycles. The molecule has 0 atom stereocenters. The predicted molar refractivity (Wildman–Crippen MR) is 90.2 cm³/mol. The van der Waals surface area contributed by atoms with Crippen LogP contribution >= 0.6 is 37.7 Å². The Labute approximate surface area is 139 Å². The Morgan fingerprint density at radius 1 is 0.667 bits per heavy atom. The maximum atomic E-state index is 10.3. The molecule has 7 heteroatoms. The number of thiol groups is 2. The largest absolute Gasteiger partial charge is 0.419 e. The average Bonchev–Trinajstić information content (AvgIpc) is 2.40. The van der Waals surface area contributed by atoms with Gasteiger partial charge in [-0.05, 0) is 24.3 Å². The van der Waals surface area contributed by atoms with Gasteiger partial charge in [0, 0.05) is 0 Å². The van der Waals surface area contributed by atoms with E-state index in [9.17, 15) is 9.59 Å². The van der Waals surface area contributed by atoms with Crippen molar-refractivity contribution in [3.63, 3.8) is 0 Å². The quantitative estimate of drug-likeness (QED) is 0.615. The van der Waals surface area contributed by atoms with Gasteiger partial charge in [-0.25, -0.2) is 9.59 Å². The second-order valence-electron chi connectivity index (χ2n) is 3.36. The monoisotopic (exact) mass is 344 g/mol. The molecule has 0 amide bonds. The van der Waals surface area contributed by atoms with E-state index in [0.29, 0.717) is 11.5 Å². The highest BCUT2D eigenvalue weighted by atomic mass is 35.5. The van der Waals surface area contributed by atoms with Crippen molar-refractivity contribution in [3.05, 3.63) is 60.7 Å². The summed E-state index contributed by atoms with van der Waals surface area (Å²) in [7, 11) is 0. The molecule has 0 heterocycles. The van der Waals surface area contributed by atoms with Crippen LogP contribution in [0.4, 0.5) is 9.59 Å². The summed E-state index contributed by atoms with van der Waals surface area (Å²) in [5.41, 5.74) is 0. The van der Waals surface area contributed by atoms with E-state index in [1.807, 2.05) is 12.1 Å². The highest BCUT2D eigenvalue weighted by Gasteiger charge is 1.94. The minimum atomic E-state index is -0.591. The summed E-state index contributed by atoms with van der Waals surface area (Å²) in [5.74, 6) is 1.03. The van der Waals surface area contributed by atoms with Crippen LogP contribution in [0.15, 0.2) is 60.7 Å². The van der Waals surface area contributed by atoms with Gasteiger partial charge in [-0.15, -0.1) is 12.4 Å². The minimum Gasteiger partial charge on any atom is -0.419 e. The maximum Gasteiger partial charge on any atom is 0.369 e. The Balaban J connectivity index is 0.000000364. The van der Waals surface area contributed by atoms with E-state index in [-0.39, 0.29) is 12.4 Å². The van der Waals surface area contributed by atoms with Gasteiger partial charge >= 0.3 is 10.6 Å². The first-order valence-corrected chi connectivity index (χ1v) is 6.39. The Morgan fingerprint density at radius 3 is 1.19 bits per heavy atom. The predicted octanol–water partition coefficient (Wildman–Crippen LogP) is 4.65. The van der Waals surface area contributed by atoms with Crippen LogP contribution in [0.1, 0.15) is 0 Å². The van der Waals surface area contributed by atoms with Crippen molar-refractivity contribution in [3.8, 4) is 11.5 Å². The van der Waals surface area contributed by atoms with E-state index in [0.717, 1.165) is 0 Å². The van der Waals surface area contributed by atoms with Crippen LogP contribution in [0.5, 0.6) is 11.5 Å². The molecule has 0 aliphatic carbocycles. The number of hydrogen-bond donors (Lipinski definition) is 2. The van der Waals surface area contributed by atoms with Crippen LogP contribution in [0, 0.1) is 0 Å². The van der Waals surface area contributed by atoms with Gasteiger partial charge in [-0.3, -0.25) is 0 Å². The summed E-state index contributed by atoms with van der Waals surface area (Å²) in [6, 6.07) is 17.6. The van der Waals surface area contributed by atoms with Gasteiger partial charge in [0.05, 0.1) is 0 Å². The number of benzene rings is 2. The van der Waals surface area contributed by atoms with Crippen LogP contribution in [-0.4, -0.2) is 10.6 Å². The van der Waals surface area contributed by atoms with Crippen molar-refractivity contribution >= 4 is 48.3 Å². The lowest BCUT2D eigenvalue weighted by Crippen LogP contribution is -1.94. The van der Waals surface area contributed by atoms with Crippen molar-refractivity contribution in [1.82, 2.24) is 0 Å². The third-order valence-electron chi connectivity index (χ3n) is 1.90. The zero-order valence-electron chi connectivity index (χ0n) is 10.7. The number of carbonyl (C=O) groups excluding carboxylic acids is 2. The smallest absolute Gasteiger partial charge is 0.369 e. The Hall–Kier alpha value is -1.63. The Kier molecular flexibility index (Phi) is 10.2. The number of ether oxygens (including phenoxy) is 2. The number of carbonyl (C=O) groups is 2. The molecule has 0 aromatic heterocycles. The lowest BCUT2D eigenvalue weighted by atomic mass is 10.3. The Morgan fingerprint density at radius 2 is 0.952 bits per heavy atom. The SMILES string of the molecule is Cl.O=C(S)Oc1ccccc1.O=C(S)Oc1ccccc1. The average molecular weight is 345 g/mol. The number of hydrogen-bond acceptors (Lipinski definition) is 4. The third kappa shape index (κ3) is 9.84. The van der Waals surface area contributed by atoms with Crippen molar-refractivity contribution in [2.75, 3.05) is 0 Å². The maximum absolute atomic E-state index is 10.3. The van der Waals surface area contributed by atoms with Crippen molar-refractivity contribution in [1.29, 1.82) is 0 Å². The first kappa shape index (κ1) is 19.4. The van der Waals surface area contributed by atoms with Gasteiger partial charge in [0.1, 0.15) is 11.5 Å². The highest BCUT2D eigenvalue weighted by molar-refractivity contribution is 7.96. The molecule has 0 radical (unpaired) electrons. The molecule has 0 fully saturated rings. The summed E-state index contributed by atoms with van der Waals surface area (Å²) in [6.45, 7) is 0. The highest BCUT2D eigenvalue weighted by Crippen LogP contribution is 2.09. The first-order valence-electron chi connectivity index (χ1n) is 5.49. The standard InChI is InChI=1S/2C7H6O2S.ClH/c2*8-7(10)9-6-4-2-1-3-5-6;/h2*1-5H,(H,8,10);1H. The van der Waals surface area contributed by atoms with E-state index in [1.54, 1.807) is 48.5 Å². The fourth-order valence-corrected chi connectivity index (χ4v) is 1.39. The molecular formula is C14H13ClO4S2. The third-order valence-corrected chi connectivity index (χ3v) is 2.08. The van der Waals surface area contributed by atoms with E-state index in [4.69, 9.17) is 0 Å². The summed E-state index contributed by atoms with van der Waals surface area (Å²) >= 11 is 6.90.